The van der Waals surface area contributed by atoms with Gasteiger partial charge < -0.3 is 0 Å². The fourth-order valence-electron chi connectivity index (χ4n) is 1.54. The molecule has 1 aromatic carbocycles. The van der Waals surface area contributed by atoms with Crippen molar-refractivity contribution < 1.29 is 0 Å². The number of fused-ring (bicyclic) bond motifs is 1. The van der Waals surface area contributed by atoms with E-state index in [2.05, 4.69) is 16.9 Å². The van der Waals surface area contributed by atoms with Crippen molar-refractivity contribution in [2.24, 2.45) is 0 Å². The average molecular weight is 207 g/mol. The van der Waals surface area contributed by atoms with E-state index in [-0.39, 0.29) is 0 Å². The molecule has 0 aliphatic rings. The van der Waals surface area contributed by atoms with Crippen LogP contribution in [-0.4, -0.2) is 9.97 Å². The van der Waals surface area contributed by atoms with E-state index in [1.54, 1.807) is 0 Å². The van der Waals surface area contributed by atoms with E-state index in [1.165, 1.54) is 0 Å². The molecule has 1 heterocycles. The zero-order valence-electron chi connectivity index (χ0n) is 8.00. The summed E-state index contributed by atoms with van der Waals surface area (Å²) in [6.45, 7) is 2.13. The van der Waals surface area contributed by atoms with Crippen LogP contribution in [0.5, 0.6) is 0 Å². The maximum absolute atomic E-state index is 5.84. The number of nitrogens with zero attached hydrogens (tertiary/aromatic N) is 2. The molecule has 0 saturated heterocycles. The highest BCUT2D eigenvalue weighted by molar-refractivity contribution is 6.28. The predicted molar refractivity (Wildman–Crippen MR) is 58.5 cm³/mol. The van der Waals surface area contributed by atoms with Crippen molar-refractivity contribution in [1.82, 2.24) is 9.97 Å². The van der Waals surface area contributed by atoms with Crippen molar-refractivity contribution in [3.05, 3.63) is 35.2 Å². The number of hydrogen-bond acceptors (Lipinski definition) is 2. The smallest absolute Gasteiger partial charge is 0.222 e. The van der Waals surface area contributed by atoms with E-state index in [0.717, 1.165) is 29.4 Å². The van der Waals surface area contributed by atoms with Gasteiger partial charge in [-0.2, -0.15) is 0 Å². The molecule has 14 heavy (non-hydrogen) atoms. The zero-order chi connectivity index (χ0) is 9.97. The Kier molecular flexibility index (Phi) is 2.64. The lowest BCUT2D eigenvalue weighted by Crippen LogP contribution is -1.94. The molecule has 0 N–H and O–H groups in total. The summed E-state index contributed by atoms with van der Waals surface area (Å²) in [7, 11) is 0. The van der Waals surface area contributed by atoms with Crippen LogP contribution in [0.2, 0.25) is 5.28 Å². The van der Waals surface area contributed by atoms with E-state index >= 15 is 0 Å². The molecule has 0 amide bonds. The number of aromatic nitrogens is 2. The summed E-state index contributed by atoms with van der Waals surface area (Å²) in [5, 5.41) is 1.45. The van der Waals surface area contributed by atoms with E-state index < -0.39 is 0 Å². The minimum Gasteiger partial charge on any atom is -0.222 e. The molecule has 0 unspecified atom stereocenters. The Morgan fingerprint density at radius 3 is 2.79 bits per heavy atom. The summed E-state index contributed by atoms with van der Waals surface area (Å²) in [5.74, 6) is 0. The Hall–Kier alpha value is -1.15. The molecule has 3 heteroatoms. The second-order valence-corrected chi connectivity index (χ2v) is 3.54. The first-order valence-corrected chi connectivity index (χ1v) is 5.10. The van der Waals surface area contributed by atoms with Gasteiger partial charge in [-0.1, -0.05) is 31.5 Å². The van der Waals surface area contributed by atoms with Gasteiger partial charge in [0.2, 0.25) is 5.28 Å². The summed E-state index contributed by atoms with van der Waals surface area (Å²) >= 11 is 5.84. The second kappa shape index (κ2) is 3.93. The van der Waals surface area contributed by atoms with Gasteiger partial charge in [0.05, 0.1) is 11.2 Å². The third kappa shape index (κ3) is 1.70. The molecule has 0 bridgehead atoms. The van der Waals surface area contributed by atoms with Gasteiger partial charge in [0.15, 0.2) is 0 Å². The summed E-state index contributed by atoms with van der Waals surface area (Å²) in [6, 6.07) is 7.96. The normalized spacial score (nSPS) is 10.7. The molecule has 0 fully saturated rings. The van der Waals surface area contributed by atoms with Crippen LogP contribution in [0.25, 0.3) is 10.9 Å². The molecule has 0 aliphatic heterocycles. The Bertz CT molecular complexity index is 454. The first-order valence-electron chi connectivity index (χ1n) is 4.72. The number of benzene rings is 1. The van der Waals surface area contributed by atoms with Crippen LogP contribution >= 0.6 is 11.6 Å². The molecule has 1 aromatic heterocycles. The highest BCUT2D eigenvalue weighted by Crippen LogP contribution is 2.18. The minimum atomic E-state index is 0.340. The van der Waals surface area contributed by atoms with E-state index in [0.29, 0.717) is 5.28 Å². The molecular formula is C11H11ClN2. The summed E-state index contributed by atoms with van der Waals surface area (Å²) in [6.07, 6.45) is 2.01. The van der Waals surface area contributed by atoms with Gasteiger partial charge in [-0.25, -0.2) is 9.97 Å². The number of rotatable bonds is 2. The average Bonchev–Trinajstić information content (AvgIpc) is 2.18. The lowest BCUT2D eigenvalue weighted by molar-refractivity contribution is 0.887. The molecule has 72 valence electrons. The first-order chi connectivity index (χ1) is 6.81. The number of hydrogen-bond donors (Lipinski definition) is 0. The zero-order valence-corrected chi connectivity index (χ0v) is 8.75. The third-order valence-electron chi connectivity index (χ3n) is 2.14. The minimum absolute atomic E-state index is 0.340. The van der Waals surface area contributed by atoms with Crippen molar-refractivity contribution in [3.8, 4) is 0 Å². The van der Waals surface area contributed by atoms with Crippen LogP contribution in [0, 0.1) is 0 Å². The van der Waals surface area contributed by atoms with Gasteiger partial charge in [0, 0.05) is 5.39 Å². The maximum atomic E-state index is 5.84. The molecule has 0 saturated carbocycles. The molecule has 0 spiro atoms. The van der Waals surface area contributed by atoms with Crippen LogP contribution in [0.3, 0.4) is 0 Å². The highest BCUT2D eigenvalue weighted by Gasteiger charge is 2.04. The van der Waals surface area contributed by atoms with Crippen molar-refractivity contribution >= 4 is 22.5 Å². The molecule has 0 radical (unpaired) electrons. The largest absolute Gasteiger partial charge is 0.223 e. The fraction of sp³-hybridized carbons (Fsp3) is 0.273. The monoisotopic (exact) mass is 206 g/mol. The van der Waals surface area contributed by atoms with Gasteiger partial charge >= 0.3 is 0 Å². The van der Waals surface area contributed by atoms with Crippen molar-refractivity contribution in [2.75, 3.05) is 0 Å². The Morgan fingerprint density at radius 2 is 2.00 bits per heavy atom. The number of para-hydroxylation sites is 1. The molecule has 0 atom stereocenters. The summed E-state index contributed by atoms with van der Waals surface area (Å²) in [5.41, 5.74) is 1.97. The SMILES string of the molecule is CCCc1nc(Cl)nc2ccccc12. The third-order valence-corrected chi connectivity index (χ3v) is 2.31. The van der Waals surface area contributed by atoms with Gasteiger partial charge in [-0.05, 0) is 24.1 Å². The molecule has 2 aromatic rings. The van der Waals surface area contributed by atoms with Gasteiger partial charge in [0.25, 0.3) is 0 Å². The van der Waals surface area contributed by atoms with Crippen LogP contribution in [0.4, 0.5) is 0 Å². The van der Waals surface area contributed by atoms with Gasteiger partial charge in [0.1, 0.15) is 0 Å². The molecular weight excluding hydrogens is 196 g/mol. The van der Waals surface area contributed by atoms with Gasteiger partial charge in [-0.3, -0.25) is 0 Å². The Morgan fingerprint density at radius 1 is 1.21 bits per heavy atom. The lowest BCUT2D eigenvalue weighted by Gasteiger charge is -2.03. The number of aryl methyl sites for hydroxylation is 1. The van der Waals surface area contributed by atoms with Crippen LogP contribution in [0.1, 0.15) is 19.0 Å². The highest BCUT2D eigenvalue weighted by atomic mass is 35.5. The van der Waals surface area contributed by atoms with E-state index in [4.69, 9.17) is 11.6 Å². The quantitative estimate of drug-likeness (QED) is 0.705. The second-order valence-electron chi connectivity index (χ2n) is 3.21. The molecule has 2 nitrogen and oxygen atoms in total. The fourth-order valence-corrected chi connectivity index (χ4v) is 1.73. The lowest BCUT2D eigenvalue weighted by atomic mass is 10.1. The van der Waals surface area contributed by atoms with Crippen LogP contribution in [0.15, 0.2) is 24.3 Å². The first kappa shape index (κ1) is 9.41. The Balaban J connectivity index is 2.67. The summed E-state index contributed by atoms with van der Waals surface area (Å²) < 4.78 is 0. The van der Waals surface area contributed by atoms with Crippen molar-refractivity contribution in [2.45, 2.75) is 19.8 Å². The van der Waals surface area contributed by atoms with Gasteiger partial charge in [-0.15, -0.1) is 0 Å². The van der Waals surface area contributed by atoms with E-state index in [1.807, 2.05) is 24.3 Å². The van der Waals surface area contributed by atoms with Crippen LogP contribution in [-0.2, 0) is 6.42 Å². The van der Waals surface area contributed by atoms with Crippen molar-refractivity contribution in [1.29, 1.82) is 0 Å². The predicted octanol–water partition coefficient (Wildman–Crippen LogP) is 3.24. The topological polar surface area (TPSA) is 25.8 Å². The number of halogens is 1. The molecule has 0 aliphatic carbocycles. The van der Waals surface area contributed by atoms with Crippen LogP contribution < -0.4 is 0 Å². The molecule has 2 rings (SSSR count). The standard InChI is InChI=1S/C11H11ClN2/c1-2-5-9-8-6-3-4-7-10(8)14-11(12)13-9/h3-4,6-7H,2,5H2,1H3. The van der Waals surface area contributed by atoms with Crippen molar-refractivity contribution in [3.63, 3.8) is 0 Å². The van der Waals surface area contributed by atoms with E-state index in [9.17, 15) is 0 Å². The maximum Gasteiger partial charge on any atom is 0.223 e. The summed E-state index contributed by atoms with van der Waals surface area (Å²) in [4.78, 5) is 8.42. The Labute approximate surface area is 88.0 Å².